The number of nitrogens with one attached hydrogen (secondary N) is 1. The number of allylic oxidation sites excluding steroid dienone is 2. The van der Waals surface area contributed by atoms with Gasteiger partial charge >= 0.3 is 57.4 Å². The van der Waals surface area contributed by atoms with E-state index in [1.165, 1.54) is 63.9 Å². The van der Waals surface area contributed by atoms with Crippen LogP contribution in [0.1, 0.15) is 137 Å². The normalized spacial score (nSPS) is 17.7. The van der Waals surface area contributed by atoms with Gasteiger partial charge in [0, 0.05) is 130 Å². The number of carbonyl (C=O) groups excluding carboxylic acids is 2. The zero-order chi connectivity index (χ0) is 76.9. The Morgan fingerprint density at radius 1 is 0.523 bits per heavy atom. The number of halogens is 4. The van der Waals surface area contributed by atoms with E-state index in [0.29, 0.717) is 18.5 Å². The predicted octanol–water partition coefficient (Wildman–Crippen LogP) is 19.7. The molecular weight excluding hydrogens is 1570 g/mol. The van der Waals surface area contributed by atoms with Gasteiger partial charge in [0.15, 0.2) is 0 Å². The molecule has 5 aromatic carbocycles. The SMILES string of the molecule is Brc1ccc(-c2nccs2)cc1.CC1CC=C(OS(=O)(=O)C(F)(F)F)N(C(=O)OC(C)(C)C)C1.CC1CC=C(c2ccc(-c3nccs3)cc2)N(C(=O)OC(C)(C)C)C1.CC1CCC(c2ccc(-c3nccs3)cc2)=NC1.C[C@H]1CC[C@H](c2ccc(-c3nccs3)cc2)NC1.Cc1ccc(-c2nccs2)cc1.[B].[H-].[Na+]. The van der Waals surface area contributed by atoms with E-state index in [0.717, 1.165) is 95.1 Å². The van der Waals surface area contributed by atoms with E-state index in [1.807, 2.05) is 90.8 Å². The Hall–Kier alpha value is -7.02. The van der Waals surface area contributed by atoms with Crippen molar-refractivity contribution in [3.63, 3.8) is 0 Å². The van der Waals surface area contributed by atoms with Crippen LogP contribution in [0, 0.1) is 30.6 Å². The number of aliphatic imine (C=N–C) groups is 1. The molecule has 14 rings (SSSR count). The van der Waals surface area contributed by atoms with Gasteiger partial charge in [-0.3, -0.25) is 9.89 Å². The van der Waals surface area contributed by atoms with E-state index in [-0.39, 0.29) is 64.4 Å². The van der Waals surface area contributed by atoms with Gasteiger partial charge in [-0.2, -0.15) is 21.6 Å². The number of hydrogen-bond donors (Lipinski definition) is 1. The number of rotatable bonds is 10. The molecule has 5 aromatic heterocycles. The third-order valence-corrected chi connectivity index (χ3v) is 22.4. The van der Waals surface area contributed by atoms with Crippen LogP contribution in [-0.2, 0) is 23.8 Å². The summed E-state index contributed by atoms with van der Waals surface area (Å²) < 4.78 is 75.2. The second-order valence-corrected chi connectivity index (χ2v) is 35.3. The molecule has 9 heterocycles. The van der Waals surface area contributed by atoms with Crippen LogP contribution in [-0.4, -0.2) is 112 Å². The smallest absolute Gasteiger partial charge is 1.00 e. The molecule has 1 fully saturated rings. The first-order valence-electron chi connectivity index (χ1n) is 35.2. The Bertz CT molecular complexity index is 4510. The number of alkyl halides is 3. The summed E-state index contributed by atoms with van der Waals surface area (Å²) in [6, 6.07) is 42.8. The van der Waals surface area contributed by atoms with Crippen molar-refractivity contribution in [2.75, 3.05) is 26.2 Å². The summed E-state index contributed by atoms with van der Waals surface area (Å²) in [4.78, 5) is 53.3. The number of aromatic nitrogens is 5. The van der Waals surface area contributed by atoms with Crippen LogP contribution in [0.15, 0.2) is 207 Å². The molecule has 1 saturated heterocycles. The second kappa shape index (κ2) is 42.0. The topological polar surface area (TPSA) is 191 Å². The molecule has 571 valence electrons. The van der Waals surface area contributed by atoms with E-state index in [4.69, 9.17) is 9.47 Å². The Morgan fingerprint density at radius 3 is 1.29 bits per heavy atom. The van der Waals surface area contributed by atoms with Gasteiger partial charge in [-0.25, -0.2) is 39.4 Å². The van der Waals surface area contributed by atoms with Crippen molar-refractivity contribution in [2.45, 2.75) is 137 Å². The molecule has 0 bridgehead atoms. The summed E-state index contributed by atoms with van der Waals surface area (Å²) in [6.45, 7) is 23.8. The zero-order valence-corrected chi connectivity index (χ0v) is 71.9. The summed E-state index contributed by atoms with van der Waals surface area (Å²) >= 11 is 11.7. The molecule has 4 aliphatic heterocycles. The average Bonchev–Trinajstić information content (AvgIpc) is 1.22. The van der Waals surface area contributed by atoms with Crippen molar-refractivity contribution in [3.05, 3.63) is 224 Å². The molecule has 109 heavy (non-hydrogen) atoms. The van der Waals surface area contributed by atoms with Crippen LogP contribution in [0.4, 0.5) is 22.8 Å². The second-order valence-electron chi connectivity index (χ2n) is 28.4. The fourth-order valence-corrected chi connectivity index (χ4v) is 15.1. The van der Waals surface area contributed by atoms with E-state index >= 15 is 0 Å². The van der Waals surface area contributed by atoms with Crippen molar-refractivity contribution < 1.29 is 75.8 Å². The van der Waals surface area contributed by atoms with Gasteiger partial charge in [-0.05, 0) is 152 Å². The van der Waals surface area contributed by atoms with E-state index in [1.54, 1.807) is 89.3 Å². The summed E-state index contributed by atoms with van der Waals surface area (Å²) in [6.07, 6.45) is 17.4. The molecule has 28 heteroatoms. The van der Waals surface area contributed by atoms with Gasteiger partial charge in [-0.15, -0.1) is 56.7 Å². The third-order valence-electron chi connectivity index (χ3n) is 16.8. The molecular formula is C81H92BBrF3N9NaO7S6. The minimum atomic E-state index is -5.84. The number of ether oxygens (including phenoxy) is 2. The molecule has 1 N–H and O–H groups in total. The molecule has 4 aliphatic rings. The zero-order valence-electron chi connectivity index (χ0n) is 64.4. The third kappa shape index (κ3) is 28.0. The standard InChI is InChI=1S/C20H24N2O2S.C15H18N2S.C15H16N2S.C12H18F3NO5S.C10H9NS.C9H6BrNS.B.Na.H/c1-14-5-10-17(22(13-14)19(23)24-20(2,3)4)15-6-8-16(9-7-15)18-21-11-12-25-18;2*1-11-2-7-14(17-10-11)12-3-5-13(6-4-12)15-16-8-9-18-15;1-8-5-6-9(21-22(18,19)12(13,14)15)16(7-8)10(17)20-11(2,3)4;1-8-2-4-9(5-3-8)10-11-6-7-12-10;10-8-3-1-7(2-4-8)9-11-5-6-12-9;;;/h6-12,14H,5,13H2,1-4H3;3-6,8-9,11,14,17H,2,7,10H2,1H3;3-6,8-9,11H,2,7,10H2,1H3;6,8H,5,7H2,1-4H3;2-7H,1H3;1-6H;;;/q;;;;;;;+1;-1/t;11-,14+;;;;;;;/m.0......./s1. The number of benzene rings is 5. The first-order chi connectivity index (χ1) is 50.9. The maximum Gasteiger partial charge on any atom is 1.00 e. The number of aryl methyl sites for hydroxylation is 1. The van der Waals surface area contributed by atoms with E-state index in [2.05, 4.69) is 198 Å². The van der Waals surface area contributed by atoms with Crippen LogP contribution in [0.25, 0.3) is 58.6 Å². The van der Waals surface area contributed by atoms with Gasteiger partial charge in [0.25, 0.3) is 0 Å². The van der Waals surface area contributed by atoms with Gasteiger partial charge in [0.1, 0.15) is 36.2 Å². The van der Waals surface area contributed by atoms with Gasteiger partial charge in [0.2, 0.25) is 5.88 Å². The minimum Gasteiger partial charge on any atom is -1.00 e. The van der Waals surface area contributed by atoms with Crippen LogP contribution in [0.2, 0.25) is 0 Å². The molecule has 10 aromatic rings. The van der Waals surface area contributed by atoms with Crippen molar-refractivity contribution in [2.24, 2.45) is 28.7 Å². The van der Waals surface area contributed by atoms with Crippen LogP contribution >= 0.6 is 72.6 Å². The Morgan fingerprint density at radius 2 is 0.908 bits per heavy atom. The first kappa shape index (κ1) is 89.2. The van der Waals surface area contributed by atoms with Gasteiger partial charge in [0.05, 0.1) is 5.70 Å². The van der Waals surface area contributed by atoms with Crippen molar-refractivity contribution in [1.82, 2.24) is 40.0 Å². The van der Waals surface area contributed by atoms with Gasteiger partial charge < -0.3 is 20.4 Å². The Balaban J connectivity index is 0.000000208. The molecule has 0 spiro atoms. The summed E-state index contributed by atoms with van der Waals surface area (Å²) in [5.41, 5.74) is 6.10. The molecule has 3 unspecified atom stereocenters. The fraction of sp³-hybridized carbons (Fsp3) is 0.358. The summed E-state index contributed by atoms with van der Waals surface area (Å²) in [5, 5.41) is 19.0. The molecule has 5 atom stereocenters. The number of thiazole rings is 5. The number of carbonyl (C=O) groups is 2. The summed E-state index contributed by atoms with van der Waals surface area (Å²) in [5.74, 6) is 1.21. The molecule has 16 nitrogen and oxygen atoms in total. The molecule has 0 saturated carbocycles. The van der Waals surface area contributed by atoms with Crippen LogP contribution in [0.5, 0.6) is 0 Å². The number of piperidine rings is 1. The molecule has 2 amide bonds. The van der Waals surface area contributed by atoms with E-state index < -0.39 is 38.8 Å². The quantitative estimate of drug-likeness (QED) is 0.0773. The van der Waals surface area contributed by atoms with Crippen molar-refractivity contribution in [1.29, 1.82) is 0 Å². The minimum absolute atomic E-state index is 0. The average molecular weight is 1670 g/mol. The summed E-state index contributed by atoms with van der Waals surface area (Å²) in [7, 11) is -5.84. The number of nitrogens with zero attached hydrogens (tertiary/aromatic N) is 8. The fourth-order valence-electron chi connectivity index (χ4n) is 11.2. The number of hydrogen-bond acceptors (Lipinski definition) is 19. The van der Waals surface area contributed by atoms with E-state index in [9.17, 15) is 31.2 Å². The maximum atomic E-state index is 12.7. The van der Waals surface area contributed by atoms with Crippen LogP contribution in [0.3, 0.4) is 0 Å². The van der Waals surface area contributed by atoms with Crippen LogP contribution < -0.4 is 34.9 Å². The molecule has 3 radical (unpaired) electrons. The Labute approximate surface area is 693 Å². The monoisotopic (exact) mass is 1660 g/mol. The predicted molar refractivity (Wildman–Crippen MR) is 442 cm³/mol. The van der Waals surface area contributed by atoms with Gasteiger partial charge in [-0.1, -0.05) is 164 Å². The molecule has 0 aliphatic carbocycles. The first-order valence-corrected chi connectivity index (χ1v) is 41.8. The van der Waals surface area contributed by atoms with Crippen molar-refractivity contribution in [3.8, 4) is 52.9 Å². The van der Waals surface area contributed by atoms with Crippen molar-refractivity contribution >= 4 is 115 Å². The Kier molecular flexibility index (Phi) is 34.4. The number of amides is 2. The largest absolute Gasteiger partial charge is 1.00 e. The maximum absolute atomic E-state index is 12.7.